The summed E-state index contributed by atoms with van der Waals surface area (Å²) in [6.07, 6.45) is 1.21. The van der Waals surface area contributed by atoms with Gasteiger partial charge in [-0.1, -0.05) is 6.92 Å². The lowest BCUT2D eigenvalue weighted by Gasteiger charge is -2.21. The van der Waals surface area contributed by atoms with Crippen molar-refractivity contribution in [3.8, 4) is 0 Å². The Labute approximate surface area is 71.0 Å². The van der Waals surface area contributed by atoms with Crippen molar-refractivity contribution in [1.29, 1.82) is 0 Å². The maximum Gasteiger partial charge on any atom is 0.0168 e. The molecule has 11 heavy (non-hydrogen) atoms. The Hall–Kier alpha value is -0.0800. The summed E-state index contributed by atoms with van der Waals surface area (Å²) in [4.78, 5) is 2.21. The van der Waals surface area contributed by atoms with Crippen LogP contribution in [0.25, 0.3) is 0 Å². The summed E-state index contributed by atoms with van der Waals surface area (Å²) >= 11 is 0. The van der Waals surface area contributed by atoms with Gasteiger partial charge in [0.15, 0.2) is 0 Å². The van der Waals surface area contributed by atoms with Gasteiger partial charge >= 0.3 is 0 Å². The molecule has 0 amide bonds. The Morgan fingerprint density at radius 3 is 2.09 bits per heavy atom. The largest absolute Gasteiger partial charge is 0.311 e. The normalized spacial score (nSPS) is 16.9. The minimum atomic E-state index is 0.597. The highest BCUT2D eigenvalue weighted by molar-refractivity contribution is 4.67. The van der Waals surface area contributed by atoms with Crippen molar-refractivity contribution in [2.75, 3.05) is 20.6 Å². The van der Waals surface area contributed by atoms with Crippen LogP contribution >= 0.6 is 0 Å². The van der Waals surface area contributed by atoms with Gasteiger partial charge in [0, 0.05) is 18.6 Å². The molecule has 2 nitrogen and oxygen atoms in total. The molecule has 0 rings (SSSR count). The van der Waals surface area contributed by atoms with Gasteiger partial charge in [0.1, 0.15) is 0 Å². The van der Waals surface area contributed by atoms with Gasteiger partial charge in [-0.25, -0.2) is 0 Å². The van der Waals surface area contributed by atoms with E-state index in [2.05, 4.69) is 45.1 Å². The van der Waals surface area contributed by atoms with Crippen molar-refractivity contribution in [2.45, 2.75) is 39.3 Å². The molecule has 2 atom stereocenters. The van der Waals surface area contributed by atoms with E-state index < -0.39 is 0 Å². The van der Waals surface area contributed by atoms with Crippen molar-refractivity contribution in [1.82, 2.24) is 10.2 Å². The van der Waals surface area contributed by atoms with Gasteiger partial charge in [-0.05, 0) is 34.4 Å². The summed E-state index contributed by atoms with van der Waals surface area (Å²) in [7, 11) is 4.21. The van der Waals surface area contributed by atoms with Gasteiger partial charge in [0.25, 0.3) is 0 Å². The second kappa shape index (κ2) is 5.56. The summed E-state index contributed by atoms with van der Waals surface area (Å²) in [5.74, 6) is 0. The van der Waals surface area contributed by atoms with Crippen LogP contribution in [0.4, 0.5) is 0 Å². The van der Waals surface area contributed by atoms with Crippen LogP contribution in [0.15, 0.2) is 0 Å². The molecule has 0 saturated heterocycles. The van der Waals surface area contributed by atoms with Crippen LogP contribution in [0.2, 0.25) is 0 Å². The third kappa shape index (κ3) is 6.32. The molecule has 0 saturated carbocycles. The molecule has 0 unspecified atom stereocenters. The summed E-state index contributed by atoms with van der Waals surface area (Å²) in [5, 5.41) is 3.52. The van der Waals surface area contributed by atoms with Gasteiger partial charge in [-0.2, -0.15) is 0 Å². The fraction of sp³-hybridized carbons (Fsp3) is 1.00. The van der Waals surface area contributed by atoms with E-state index in [1.165, 1.54) is 6.42 Å². The number of rotatable bonds is 5. The Morgan fingerprint density at radius 1 is 1.18 bits per heavy atom. The predicted octanol–water partition coefficient (Wildman–Crippen LogP) is 1.32. The predicted molar refractivity (Wildman–Crippen MR) is 50.9 cm³/mol. The standard InChI is InChI=1S/C9H22N2/c1-6-8(2)10-9(3)7-11(4)5/h8-10H,6-7H2,1-5H3/t8-,9-/m0/s1. The molecule has 0 aromatic heterocycles. The second-order valence-electron chi connectivity index (χ2n) is 3.64. The van der Waals surface area contributed by atoms with Gasteiger partial charge in [-0.15, -0.1) is 0 Å². The first-order valence-electron chi connectivity index (χ1n) is 4.47. The molecule has 0 aliphatic rings. The van der Waals surface area contributed by atoms with E-state index in [0.29, 0.717) is 12.1 Å². The topological polar surface area (TPSA) is 15.3 Å². The van der Waals surface area contributed by atoms with Crippen LogP contribution in [-0.4, -0.2) is 37.6 Å². The highest BCUT2D eigenvalue weighted by atomic mass is 15.1. The fourth-order valence-corrected chi connectivity index (χ4v) is 1.20. The molecule has 0 radical (unpaired) electrons. The first-order chi connectivity index (χ1) is 5.06. The van der Waals surface area contributed by atoms with Crippen molar-refractivity contribution >= 4 is 0 Å². The number of hydrogen-bond donors (Lipinski definition) is 1. The Balaban J connectivity index is 3.43. The van der Waals surface area contributed by atoms with E-state index in [1.807, 2.05) is 0 Å². The van der Waals surface area contributed by atoms with Crippen LogP contribution in [0.5, 0.6) is 0 Å². The summed E-state index contributed by atoms with van der Waals surface area (Å²) in [5.41, 5.74) is 0. The second-order valence-corrected chi connectivity index (χ2v) is 3.64. The van der Waals surface area contributed by atoms with Gasteiger partial charge < -0.3 is 10.2 Å². The molecular formula is C9H22N2. The third-order valence-electron chi connectivity index (χ3n) is 1.82. The maximum atomic E-state index is 3.52. The van der Waals surface area contributed by atoms with E-state index in [0.717, 1.165) is 6.54 Å². The molecule has 0 fully saturated rings. The molecule has 0 aromatic carbocycles. The minimum Gasteiger partial charge on any atom is -0.311 e. The summed E-state index contributed by atoms with van der Waals surface area (Å²) in [6.45, 7) is 7.78. The maximum absolute atomic E-state index is 3.52. The third-order valence-corrected chi connectivity index (χ3v) is 1.82. The van der Waals surface area contributed by atoms with E-state index in [9.17, 15) is 0 Å². The molecule has 0 aliphatic heterocycles. The van der Waals surface area contributed by atoms with E-state index in [-0.39, 0.29) is 0 Å². The minimum absolute atomic E-state index is 0.597. The quantitative estimate of drug-likeness (QED) is 0.649. The Morgan fingerprint density at radius 2 is 1.73 bits per heavy atom. The summed E-state index contributed by atoms with van der Waals surface area (Å²) < 4.78 is 0. The van der Waals surface area contributed by atoms with Crippen LogP contribution in [0.1, 0.15) is 27.2 Å². The number of hydrogen-bond acceptors (Lipinski definition) is 2. The molecule has 68 valence electrons. The fourth-order valence-electron chi connectivity index (χ4n) is 1.20. The lowest BCUT2D eigenvalue weighted by atomic mass is 10.2. The molecule has 0 spiro atoms. The number of nitrogens with zero attached hydrogens (tertiary/aromatic N) is 1. The Bertz CT molecular complexity index is 91.6. The molecular weight excluding hydrogens is 136 g/mol. The molecule has 0 aromatic rings. The molecule has 1 N–H and O–H groups in total. The molecule has 2 heteroatoms. The highest BCUT2D eigenvalue weighted by Crippen LogP contribution is 1.92. The van der Waals surface area contributed by atoms with Crippen molar-refractivity contribution < 1.29 is 0 Å². The van der Waals surface area contributed by atoms with Crippen LogP contribution in [0.3, 0.4) is 0 Å². The van der Waals surface area contributed by atoms with Gasteiger partial charge in [0.2, 0.25) is 0 Å². The zero-order chi connectivity index (χ0) is 8.85. The van der Waals surface area contributed by atoms with E-state index in [1.54, 1.807) is 0 Å². The smallest absolute Gasteiger partial charge is 0.0168 e. The zero-order valence-electron chi connectivity index (χ0n) is 8.52. The summed E-state index contributed by atoms with van der Waals surface area (Å²) in [6, 6.07) is 1.24. The van der Waals surface area contributed by atoms with Gasteiger partial charge in [0.05, 0.1) is 0 Å². The number of nitrogens with one attached hydrogen (secondary N) is 1. The first kappa shape index (κ1) is 10.9. The lowest BCUT2D eigenvalue weighted by molar-refractivity contribution is 0.330. The molecule has 0 aliphatic carbocycles. The van der Waals surface area contributed by atoms with Crippen molar-refractivity contribution in [2.24, 2.45) is 0 Å². The number of likely N-dealkylation sites (N-methyl/N-ethyl adjacent to an activating group) is 1. The van der Waals surface area contributed by atoms with Crippen LogP contribution < -0.4 is 5.32 Å². The van der Waals surface area contributed by atoms with E-state index >= 15 is 0 Å². The SMILES string of the molecule is CC[C@H](C)N[C@@H](C)CN(C)C. The average Bonchev–Trinajstić information content (AvgIpc) is 1.85. The van der Waals surface area contributed by atoms with Crippen molar-refractivity contribution in [3.05, 3.63) is 0 Å². The average molecular weight is 158 g/mol. The molecule has 0 heterocycles. The molecule has 0 bridgehead atoms. The zero-order valence-corrected chi connectivity index (χ0v) is 8.52. The Kier molecular flexibility index (Phi) is 5.51. The monoisotopic (exact) mass is 158 g/mol. The van der Waals surface area contributed by atoms with Crippen LogP contribution in [-0.2, 0) is 0 Å². The first-order valence-corrected chi connectivity index (χ1v) is 4.47. The van der Waals surface area contributed by atoms with E-state index in [4.69, 9.17) is 0 Å². The van der Waals surface area contributed by atoms with Crippen molar-refractivity contribution in [3.63, 3.8) is 0 Å². The lowest BCUT2D eigenvalue weighted by Crippen LogP contribution is -2.40. The van der Waals surface area contributed by atoms with Crippen LogP contribution in [0, 0.1) is 0 Å². The van der Waals surface area contributed by atoms with Gasteiger partial charge in [-0.3, -0.25) is 0 Å². The highest BCUT2D eigenvalue weighted by Gasteiger charge is 2.05.